The van der Waals surface area contributed by atoms with Crippen molar-refractivity contribution in [2.24, 2.45) is 12.8 Å². The zero-order valence-corrected chi connectivity index (χ0v) is 12.3. The summed E-state index contributed by atoms with van der Waals surface area (Å²) in [7, 11) is 1.97. The van der Waals surface area contributed by atoms with E-state index in [0.29, 0.717) is 0 Å². The van der Waals surface area contributed by atoms with Crippen molar-refractivity contribution >= 4 is 15.9 Å². The Kier molecular flexibility index (Phi) is 4.19. The summed E-state index contributed by atoms with van der Waals surface area (Å²) in [6, 6.07) is 10.3. The molecule has 4 heteroatoms. The first-order valence-corrected chi connectivity index (χ1v) is 6.92. The number of nitrogens with two attached hydrogens (primary N) is 1. The Morgan fingerprint density at radius 1 is 1.39 bits per heavy atom. The molecule has 1 heterocycles. The first-order chi connectivity index (χ1) is 8.60. The van der Waals surface area contributed by atoms with E-state index >= 15 is 0 Å². The maximum absolute atomic E-state index is 6.25. The van der Waals surface area contributed by atoms with Crippen LogP contribution in [-0.2, 0) is 19.9 Å². The standard InChI is InChI=1S/C14H18BrN3/c1-3-12-8-13(18(2)17-12)9-14(16)10-5-4-6-11(15)7-10/h4-8,14H,3,9,16H2,1-2H3. The van der Waals surface area contributed by atoms with E-state index in [1.807, 2.05) is 23.9 Å². The summed E-state index contributed by atoms with van der Waals surface area (Å²) in [6.07, 6.45) is 1.76. The molecule has 0 bridgehead atoms. The van der Waals surface area contributed by atoms with Crippen molar-refractivity contribution in [1.29, 1.82) is 0 Å². The second-order valence-corrected chi connectivity index (χ2v) is 5.39. The van der Waals surface area contributed by atoms with E-state index in [-0.39, 0.29) is 6.04 Å². The Balaban J connectivity index is 2.15. The van der Waals surface area contributed by atoms with Crippen LogP contribution in [0.15, 0.2) is 34.8 Å². The molecule has 0 saturated heterocycles. The zero-order valence-electron chi connectivity index (χ0n) is 10.7. The van der Waals surface area contributed by atoms with E-state index in [4.69, 9.17) is 5.73 Å². The van der Waals surface area contributed by atoms with Crippen LogP contribution < -0.4 is 5.73 Å². The van der Waals surface area contributed by atoms with Gasteiger partial charge in [-0.05, 0) is 30.2 Å². The van der Waals surface area contributed by atoms with Crippen molar-refractivity contribution in [3.63, 3.8) is 0 Å². The molecular weight excluding hydrogens is 290 g/mol. The number of nitrogens with zero attached hydrogens (tertiary/aromatic N) is 2. The number of benzene rings is 1. The van der Waals surface area contributed by atoms with E-state index in [1.54, 1.807) is 0 Å². The Morgan fingerprint density at radius 2 is 2.17 bits per heavy atom. The lowest BCUT2D eigenvalue weighted by molar-refractivity contribution is 0.638. The van der Waals surface area contributed by atoms with Crippen molar-refractivity contribution < 1.29 is 0 Å². The van der Waals surface area contributed by atoms with Crippen LogP contribution >= 0.6 is 15.9 Å². The molecule has 1 aromatic heterocycles. The fourth-order valence-corrected chi connectivity index (χ4v) is 2.43. The van der Waals surface area contributed by atoms with Gasteiger partial charge in [0.25, 0.3) is 0 Å². The van der Waals surface area contributed by atoms with Crippen LogP contribution in [0.1, 0.15) is 29.9 Å². The van der Waals surface area contributed by atoms with E-state index in [9.17, 15) is 0 Å². The third-order valence-corrected chi connectivity index (χ3v) is 3.59. The van der Waals surface area contributed by atoms with Crippen LogP contribution in [0.3, 0.4) is 0 Å². The molecule has 0 saturated carbocycles. The lowest BCUT2D eigenvalue weighted by Gasteiger charge is -2.12. The van der Waals surface area contributed by atoms with E-state index in [2.05, 4.69) is 46.2 Å². The third kappa shape index (κ3) is 3.00. The van der Waals surface area contributed by atoms with Gasteiger partial charge >= 0.3 is 0 Å². The van der Waals surface area contributed by atoms with E-state index in [0.717, 1.165) is 28.6 Å². The Hall–Kier alpha value is -1.13. The van der Waals surface area contributed by atoms with Crippen LogP contribution in [0, 0.1) is 0 Å². The van der Waals surface area contributed by atoms with Crippen molar-refractivity contribution in [3.8, 4) is 0 Å². The summed E-state index contributed by atoms with van der Waals surface area (Å²) < 4.78 is 2.99. The third-order valence-electron chi connectivity index (χ3n) is 3.10. The fraction of sp³-hybridized carbons (Fsp3) is 0.357. The molecule has 0 aliphatic rings. The molecule has 96 valence electrons. The lowest BCUT2D eigenvalue weighted by atomic mass is 10.0. The summed E-state index contributed by atoms with van der Waals surface area (Å²) in [5.41, 5.74) is 9.70. The number of halogens is 1. The van der Waals surface area contributed by atoms with Gasteiger partial charge in [-0.1, -0.05) is 35.0 Å². The summed E-state index contributed by atoms with van der Waals surface area (Å²) in [5, 5.41) is 4.45. The number of aromatic nitrogens is 2. The molecular formula is C14H18BrN3. The molecule has 1 aromatic carbocycles. The Morgan fingerprint density at radius 3 is 2.78 bits per heavy atom. The van der Waals surface area contributed by atoms with E-state index < -0.39 is 0 Å². The number of hydrogen-bond acceptors (Lipinski definition) is 2. The molecule has 2 rings (SSSR count). The highest BCUT2D eigenvalue weighted by atomic mass is 79.9. The van der Waals surface area contributed by atoms with Crippen molar-refractivity contribution in [1.82, 2.24) is 9.78 Å². The zero-order chi connectivity index (χ0) is 13.1. The molecule has 1 atom stereocenters. The normalized spacial score (nSPS) is 12.7. The van der Waals surface area contributed by atoms with Crippen LogP contribution in [0.4, 0.5) is 0 Å². The molecule has 2 N–H and O–H groups in total. The lowest BCUT2D eigenvalue weighted by Crippen LogP contribution is -2.15. The van der Waals surface area contributed by atoms with Gasteiger partial charge in [0.1, 0.15) is 0 Å². The average Bonchev–Trinajstić information content (AvgIpc) is 2.70. The van der Waals surface area contributed by atoms with Gasteiger partial charge in [0.15, 0.2) is 0 Å². The second kappa shape index (κ2) is 5.67. The number of hydrogen-bond donors (Lipinski definition) is 1. The second-order valence-electron chi connectivity index (χ2n) is 4.47. The summed E-state index contributed by atoms with van der Waals surface area (Å²) in [4.78, 5) is 0. The quantitative estimate of drug-likeness (QED) is 0.943. The minimum absolute atomic E-state index is 0.00241. The van der Waals surface area contributed by atoms with E-state index in [1.165, 1.54) is 5.69 Å². The molecule has 0 aliphatic heterocycles. The number of aryl methyl sites for hydroxylation is 2. The highest BCUT2D eigenvalue weighted by Crippen LogP contribution is 2.20. The highest BCUT2D eigenvalue weighted by Gasteiger charge is 2.11. The van der Waals surface area contributed by atoms with Gasteiger partial charge in [-0.15, -0.1) is 0 Å². The predicted octanol–water partition coefficient (Wildman–Crippen LogP) is 2.99. The minimum atomic E-state index is 0.00241. The molecule has 0 spiro atoms. The van der Waals surface area contributed by atoms with Gasteiger partial charge in [-0.25, -0.2) is 0 Å². The van der Waals surface area contributed by atoms with Crippen LogP contribution in [0.2, 0.25) is 0 Å². The van der Waals surface area contributed by atoms with Crippen molar-refractivity contribution in [3.05, 3.63) is 51.8 Å². The molecule has 1 unspecified atom stereocenters. The molecule has 0 amide bonds. The predicted molar refractivity (Wildman–Crippen MR) is 77.4 cm³/mol. The molecule has 0 radical (unpaired) electrons. The van der Waals surface area contributed by atoms with Gasteiger partial charge in [0.2, 0.25) is 0 Å². The van der Waals surface area contributed by atoms with Gasteiger partial charge in [0, 0.05) is 29.7 Å². The smallest absolute Gasteiger partial charge is 0.0624 e. The topological polar surface area (TPSA) is 43.8 Å². The Labute approximate surface area is 116 Å². The maximum Gasteiger partial charge on any atom is 0.0624 e. The van der Waals surface area contributed by atoms with Gasteiger partial charge in [-0.2, -0.15) is 5.10 Å². The van der Waals surface area contributed by atoms with Crippen molar-refractivity contribution in [2.75, 3.05) is 0 Å². The van der Waals surface area contributed by atoms with Gasteiger partial charge < -0.3 is 5.73 Å². The van der Waals surface area contributed by atoms with Crippen LogP contribution in [-0.4, -0.2) is 9.78 Å². The molecule has 0 aliphatic carbocycles. The van der Waals surface area contributed by atoms with Crippen LogP contribution in [0.25, 0.3) is 0 Å². The minimum Gasteiger partial charge on any atom is -0.324 e. The molecule has 18 heavy (non-hydrogen) atoms. The highest BCUT2D eigenvalue weighted by molar-refractivity contribution is 9.10. The summed E-state index contributed by atoms with van der Waals surface area (Å²) in [6.45, 7) is 2.11. The van der Waals surface area contributed by atoms with Gasteiger partial charge in [-0.3, -0.25) is 4.68 Å². The molecule has 3 nitrogen and oxygen atoms in total. The van der Waals surface area contributed by atoms with Gasteiger partial charge in [0.05, 0.1) is 5.69 Å². The number of rotatable bonds is 4. The largest absolute Gasteiger partial charge is 0.324 e. The first-order valence-electron chi connectivity index (χ1n) is 6.13. The Bertz CT molecular complexity index is 534. The maximum atomic E-state index is 6.25. The van der Waals surface area contributed by atoms with Crippen molar-refractivity contribution in [2.45, 2.75) is 25.8 Å². The van der Waals surface area contributed by atoms with Crippen LogP contribution in [0.5, 0.6) is 0 Å². The monoisotopic (exact) mass is 307 g/mol. The summed E-state index contributed by atoms with van der Waals surface area (Å²) in [5.74, 6) is 0. The summed E-state index contributed by atoms with van der Waals surface area (Å²) >= 11 is 3.47. The SMILES string of the molecule is CCc1cc(CC(N)c2cccc(Br)c2)n(C)n1. The fourth-order valence-electron chi connectivity index (χ4n) is 2.02. The average molecular weight is 308 g/mol. The first kappa shape index (κ1) is 13.3. The molecule has 0 fully saturated rings. The molecule has 2 aromatic rings.